The number of anilines is 1. The number of carbonyl (C=O) groups excluding carboxylic acids is 2. The van der Waals surface area contributed by atoms with Crippen molar-refractivity contribution in [3.8, 4) is 5.75 Å². The maximum absolute atomic E-state index is 12.8. The Morgan fingerprint density at radius 3 is 2.95 bits per heavy atom. The predicted octanol–water partition coefficient (Wildman–Crippen LogP) is 0.840. The van der Waals surface area contributed by atoms with Gasteiger partial charge in [0.1, 0.15) is 0 Å². The van der Waals surface area contributed by atoms with E-state index in [0.29, 0.717) is 23.5 Å². The summed E-state index contributed by atoms with van der Waals surface area (Å²) in [4.78, 5) is 26.3. The molecule has 0 bridgehead atoms. The normalized spacial score (nSPS) is 24.9. The molecule has 2 N–H and O–H groups in total. The van der Waals surface area contributed by atoms with Crippen molar-refractivity contribution in [1.82, 2.24) is 10.2 Å². The van der Waals surface area contributed by atoms with Crippen LogP contribution in [-0.4, -0.2) is 48.5 Å². The molecule has 2 atom stereocenters. The number of para-hydroxylation sites is 1. The Kier molecular flexibility index (Phi) is 3.55. The number of hydrogen-bond donors (Lipinski definition) is 2. The van der Waals surface area contributed by atoms with Gasteiger partial charge in [-0.15, -0.1) is 0 Å². The fourth-order valence-electron chi connectivity index (χ4n) is 2.69. The summed E-state index contributed by atoms with van der Waals surface area (Å²) in [5, 5.41) is 6.04. The van der Waals surface area contributed by atoms with Gasteiger partial charge in [-0.2, -0.15) is 0 Å². The molecule has 1 aromatic rings. The lowest BCUT2D eigenvalue weighted by atomic mass is 10.1. The maximum Gasteiger partial charge on any atom is 0.265 e. The molecular weight excluding hydrogens is 270 g/mol. The maximum atomic E-state index is 12.8. The Morgan fingerprint density at radius 2 is 2.19 bits per heavy atom. The van der Waals surface area contributed by atoms with Gasteiger partial charge in [-0.05, 0) is 26.0 Å². The summed E-state index contributed by atoms with van der Waals surface area (Å²) in [6, 6.07) is 5.40. The Morgan fingerprint density at radius 1 is 1.38 bits per heavy atom. The fourth-order valence-corrected chi connectivity index (χ4v) is 2.69. The summed E-state index contributed by atoms with van der Waals surface area (Å²) in [7, 11) is 0. The fraction of sp³-hybridized carbons (Fsp3) is 0.467. The van der Waals surface area contributed by atoms with E-state index in [0.717, 1.165) is 13.1 Å². The molecule has 6 heteroatoms. The molecule has 112 valence electrons. The van der Waals surface area contributed by atoms with Crippen molar-refractivity contribution in [1.29, 1.82) is 0 Å². The lowest BCUT2D eigenvalue weighted by Crippen LogP contribution is -2.52. The van der Waals surface area contributed by atoms with Crippen molar-refractivity contribution in [2.75, 3.05) is 25.0 Å². The number of fused-ring (bicyclic) bond motifs is 1. The van der Waals surface area contributed by atoms with Gasteiger partial charge < -0.3 is 20.3 Å². The second-order valence-corrected chi connectivity index (χ2v) is 5.48. The van der Waals surface area contributed by atoms with Gasteiger partial charge in [0, 0.05) is 25.7 Å². The summed E-state index contributed by atoms with van der Waals surface area (Å²) in [6.07, 6.45) is -0.591. The molecule has 2 aliphatic rings. The summed E-state index contributed by atoms with van der Waals surface area (Å²) >= 11 is 0. The monoisotopic (exact) mass is 289 g/mol. The summed E-state index contributed by atoms with van der Waals surface area (Å²) < 4.78 is 5.65. The van der Waals surface area contributed by atoms with Crippen molar-refractivity contribution < 1.29 is 14.3 Å². The van der Waals surface area contributed by atoms with Crippen molar-refractivity contribution >= 4 is 17.5 Å². The summed E-state index contributed by atoms with van der Waals surface area (Å²) in [6.45, 7) is 5.94. The van der Waals surface area contributed by atoms with Crippen molar-refractivity contribution in [2.45, 2.75) is 26.0 Å². The zero-order valence-electron chi connectivity index (χ0n) is 12.2. The number of ether oxygens (including phenoxy) is 1. The van der Waals surface area contributed by atoms with E-state index in [2.05, 4.69) is 10.6 Å². The first kappa shape index (κ1) is 13.9. The lowest BCUT2D eigenvalue weighted by molar-refractivity contribution is -0.122. The number of carbonyl (C=O) groups is 2. The number of amides is 2. The minimum absolute atomic E-state index is 0.0517. The number of nitrogens with zero attached hydrogens (tertiary/aromatic N) is 1. The quantitative estimate of drug-likeness (QED) is 0.804. The third-order valence-corrected chi connectivity index (χ3v) is 3.93. The molecular formula is C15H19N3O3. The molecule has 0 saturated carbocycles. The van der Waals surface area contributed by atoms with Crippen LogP contribution in [-0.2, 0) is 4.79 Å². The highest BCUT2D eigenvalue weighted by molar-refractivity contribution is 6.04. The first-order chi connectivity index (χ1) is 10.1. The molecule has 1 saturated heterocycles. The van der Waals surface area contributed by atoms with Crippen molar-refractivity contribution in [3.63, 3.8) is 0 Å². The van der Waals surface area contributed by atoms with Gasteiger partial charge in [-0.25, -0.2) is 0 Å². The molecule has 0 radical (unpaired) electrons. The standard InChI is InChI=1S/C15H19N3O3/c1-9-8-16-6-7-18(9)15(20)11-4-3-5-12-13(11)21-10(2)14(19)17-12/h3-5,9-10,16H,6-8H2,1-2H3,(H,17,19)/t9-,10+/m0/s1. The molecule has 2 heterocycles. The van der Waals surface area contributed by atoms with E-state index in [9.17, 15) is 9.59 Å². The van der Waals surface area contributed by atoms with Gasteiger partial charge >= 0.3 is 0 Å². The van der Waals surface area contributed by atoms with E-state index < -0.39 is 6.10 Å². The third-order valence-electron chi connectivity index (χ3n) is 3.93. The highest BCUT2D eigenvalue weighted by Gasteiger charge is 2.31. The van der Waals surface area contributed by atoms with Crippen LogP contribution in [0.3, 0.4) is 0 Å². The average molecular weight is 289 g/mol. The molecule has 2 amide bonds. The van der Waals surface area contributed by atoms with Crippen LogP contribution >= 0.6 is 0 Å². The molecule has 6 nitrogen and oxygen atoms in total. The number of nitrogens with one attached hydrogen (secondary N) is 2. The smallest absolute Gasteiger partial charge is 0.265 e. The van der Waals surface area contributed by atoms with Crippen LogP contribution in [0.2, 0.25) is 0 Å². The van der Waals surface area contributed by atoms with Crippen molar-refractivity contribution in [3.05, 3.63) is 23.8 Å². The van der Waals surface area contributed by atoms with E-state index in [4.69, 9.17) is 4.74 Å². The highest BCUT2D eigenvalue weighted by Crippen LogP contribution is 2.34. The van der Waals surface area contributed by atoms with Crippen LogP contribution in [0.5, 0.6) is 5.75 Å². The van der Waals surface area contributed by atoms with Crippen LogP contribution in [0.1, 0.15) is 24.2 Å². The molecule has 1 aromatic carbocycles. The van der Waals surface area contributed by atoms with Crippen molar-refractivity contribution in [2.24, 2.45) is 0 Å². The van der Waals surface area contributed by atoms with Gasteiger partial charge in [0.05, 0.1) is 11.3 Å². The molecule has 0 unspecified atom stereocenters. The molecule has 1 fully saturated rings. The zero-order valence-corrected chi connectivity index (χ0v) is 12.2. The van der Waals surface area contributed by atoms with Gasteiger partial charge in [0.15, 0.2) is 11.9 Å². The van der Waals surface area contributed by atoms with Gasteiger partial charge in [-0.3, -0.25) is 9.59 Å². The van der Waals surface area contributed by atoms with E-state index in [1.165, 1.54) is 0 Å². The largest absolute Gasteiger partial charge is 0.478 e. The lowest BCUT2D eigenvalue weighted by Gasteiger charge is -2.35. The number of rotatable bonds is 1. The summed E-state index contributed by atoms with van der Waals surface area (Å²) in [5.41, 5.74) is 1.07. The molecule has 2 aliphatic heterocycles. The van der Waals surface area contributed by atoms with Crippen LogP contribution < -0.4 is 15.4 Å². The number of hydrogen-bond acceptors (Lipinski definition) is 4. The first-order valence-electron chi connectivity index (χ1n) is 7.20. The highest BCUT2D eigenvalue weighted by atomic mass is 16.5. The van der Waals surface area contributed by atoms with E-state index >= 15 is 0 Å². The van der Waals surface area contributed by atoms with Gasteiger partial charge in [0.2, 0.25) is 0 Å². The summed E-state index contributed by atoms with van der Waals surface area (Å²) in [5.74, 6) is 0.229. The first-order valence-corrected chi connectivity index (χ1v) is 7.20. The second-order valence-electron chi connectivity index (χ2n) is 5.48. The van der Waals surface area contributed by atoms with Crippen LogP contribution in [0, 0.1) is 0 Å². The van der Waals surface area contributed by atoms with E-state index in [1.54, 1.807) is 25.1 Å². The SMILES string of the molecule is C[C@H]1Oc2c(cccc2C(=O)N2CCNC[C@@H]2C)NC1=O. The topological polar surface area (TPSA) is 70.7 Å². The third kappa shape index (κ3) is 2.47. The Hall–Kier alpha value is -2.08. The predicted molar refractivity (Wildman–Crippen MR) is 78.5 cm³/mol. The minimum Gasteiger partial charge on any atom is -0.478 e. The molecule has 0 spiro atoms. The molecule has 0 aromatic heterocycles. The molecule has 21 heavy (non-hydrogen) atoms. The number of benzene rings is 1. The van der Waals surface area contributed by atoms with E-state index in [-0.39, 0.29) is 17.9 Å². The Bertz CT molecular complexity index is 588. The Labute approximate surface area is 123 Å². The van der Waals surface area contributed by atoms with Gasteiger partial charge in [0.25, 0.3) is 11.8 Å². The number of piperazine rings is 1. The minimum atomic E-state index is -0.591. The molecule has 3 rings (SSSR count). The van der Waals surface area contributed by atoms with E-state index in [1.807, 2.05) is 11.8 Å². The molecule has 0 aliphatic carbocycles. The zero-order chi connectivity index (χ0) is 15.0. The average Bonchev–Trinajstić information content (AvgIpc) is 2.48. The second kappa shape index (κ2) is 5.37. The Balaban J connectivity index is 1.94. The van der Waals surface area contributed by atoms with Gasteiger partial charge in [-0.1, -0.05) is 6.07 Å². The van der Waals surface area contributed by atoms with Crippen LogP contribution in [0.25, 0.3) is 0 Å². The van der Waals surface area contributed by atoms with Crippen LogP contribution in [0.4, 0.5) is 5.69 Å². The van der Waals surface area contributed by atoms with Crippen LogP contribution in [0.15, 0.2) is 18.2 Å².